The van der Waals surface area contributed by atoms with Gasteiger partial charge in [-0.25, -0.2) is 10.1 Å². The summed E-state index contributed by atoms with van der Waals surface area (Å²) >= 11 is 2.19. The molecule has 0 bridgehead atoms. The van der Waals surface area contributed by atoms with Gasteiger partial charge >= 0.3 is 0 Å². The smallest absolute Gasteiger partial charge is 0.207 e. The highest BCUT2D eigenvalue weighted by molar-refractivity contribution is 14.1. The van der Waals surface area contributed by atoms with Crippen LogP contribution in [0.2, 0.25) is 0 Å². The standard InChI is InChI=1S/C22H32IN7O3/c1-3-28(4-2)11-12-29-20-10-7-17(25-22(24)27-30(31)32)14-19(20)26-21(29)13-16-5-8-18(9-6-16)33-15-23/h5-10,14,21-22,25-27H,3-4,11-13,15,24H2,1-2H3. The highest BCUT2D eigenvalue weighted by Crippen LogP contribution is 2.37. The first-order valence-electron chi connectivity index (χ1n) is 11.0. The van der Waals surface area contributed by atoms with Crippen LogP contribution in [0.25, 0.3) is 0 Å². The number of fused-ring (bicyclic) bond motifs is 1. The quantitative estimate of drug-likeness (QED) is 0.0949. The first-order valence-corrected chi connectivity index (χ1v) is 12.6. The summed E-state index contributed by atoms with van der Waals surface area (Å²) in [5.74, 6) is 0.865. The minimum atomic E-state index is -0.989. The Hall–Kier alpha value is -2.51. The molecule has 180 valence electrons. The number of alkyl halides is 1. The van der Waals surface area contributed by atoms with E-state index in [2.05, 4.69) is 69.0 Å². The third-order valence-corrected chi connectivity index (χ3v) is 6.01. The molecule has 1 aliphatic rings. The van der Waals surface area contributed by atoms with Gasteiger partial charge in [-0.1, -0.05) is 26.0 Å². The number of hydrogen-bond donors (Lipinski definition) is 4. The average Bonchev–Trinajstić information content (AvgIpc) is 3.11. The molecule has 1 aliphatic heterocycles. The van der Waals surface area contributed by atoms with Crippen molar-refractivity contribution in [2.24, 2.45) is 5.73 Å². The summed E-state index contributed by atoms with van der Waals surface area (Å²) in [6.45, 7) is 8.23. The van der Waals surface area contributed by atoms with E-state index in [1.54, 1.807) is 0 Å². The fourth-order valence-electron chi connectivity index (χ4n) is 3.98. The molecule has 0 radical (unpaired) electrons. The second kappa shape index (κ2) is 12.1. The van der Waals surface area contributed by atoms with Crippen LogP contribution in [0.15, 0.2) is 42.5 Å². The first kappa shape index (κ1) is 25.1. The molecule has 0 saturated heterocycles. The SMILES string of the molecule is CCN(CC)CCN1c2ccc(NC(N)N[N+](=O)[O-])cc2NC1Cc1ccc(OCI)cc1. The molecule has 0 spiro atoms. The van der Waals surface area contributed by atoms with E-state index >= 15 is 0 Å². The molecule has 2 atom stereocenters. The van der Waals surface area contributed by atoms with Gasteiger partial charge in [-0.15, -0.1) is 5.43 Å². The lowest BCUT2D eigenvalue weighted by molar-refractivity contribution is -0.549. The van der Waals surface area contributed by atoms with Gasteiger partial charge in [-0.3, -0.25) is 5.73 Å². The van der Waals surface area contributed by atoms with Gasteiger partial charge in [-0.05, 0) is 71.6 Å². The number of nitrogens with two attached hydrogens (primary N) is 1. The number of hydrazine groups is 1. The fraction of sp³-hybridized carbons (Fsp3) is 0.455. The Morgan fingerprint density at radius 3 is 2.64 bits per heavy atom. The zero-order valence-electron chi connectivity index (χ0n) is 19.0. The zero-order chi connectivity index (χ0) is 23.8. The average molecular weight is 569 g/mol. The van der Waals surface area contributed by atoms with Crippen molar-refractivity contribution in [3.8, 4) is 5.75 Å². The van der Waals surface area contributed by atoms with Gasteiger partial charge in [0.15, 0.2) is 5.03 Å². The first-order chi connectivity index (χ1) is 15.9. The highest BCUT2D eigenvalue weighted by atomic mass is 127. The molecule has 0 saturated carbocycles. The van der Waals surface area contributed by atoms with Crippen LogP contribution < -0.4 is 31.4 Å². The van der Waals surface area contributed by atoms with Gasteiger partial charge in [0.05, 0.1) is 11.4 Å². The van der Waals surface area contributed by atoms with E-state index < -0.39 is 11.3 Å². The summed E-state index contributed by atoms with van der Waals surface area (Å²) in [5, 5.41) is 16.5. The van der Waals surface area contributed by atoms with Crippen molar-refractivity contribution in [1.82, 2.24) is 10.3 Å². The Bertz CT molecular complexity index is 911. The number of nitrogens with one attached hydrogen (secondary N) is 3. The molecule has 2 unspecified atom stereocenters. The zero-order valence-corrected chi connectivity index (χ0v) is 21.1. The predicted molar refractivity (Wildman–Crippen MR) is 140 cm³/mol. The second-order valence-corrected chi connectivity index (χ2v) is 8.34. The molecule has 33 heavy (non-hydrogen) atoms. The van der Waals surface area contributed by atoms with E-state index in [4.69, 9.17) is 10.5 Å². The number of rotatable bonds is 13. The number of nitrogens with zero attached hydrogens (tertiary/aromatic N) is 3. The van der Waals surface area contributed by atoms with Crippen molar-refractivity contribution in [2.45, 2.75) is 32.7 Å². The van der Waals surface area contributed by atoms with Gasteiger partial charge in [0.2, 0.25) is 6.29 Å². The topological polar surface area (TPSA) is 121 Å². The summed E-state index contributed by atoms with van der Waals surface area (Å²) in [4.78, 5) is 15.4. The van der Waals surface area contributed by atoms with Crippen LogP contribution in [0.1, 0.15) is 19.4 Å². The molecule has 5 N–H and O–H groups in total. The summed E-state index contributed by atoms with van der Waals surface area (Å²) < 4.78 is 6.17. The van der Waals surface area contributed by atoms with E-state index in [-0.39, 0.29) is 6.17 Å². The Balaban J connectivity index is 1.77. The van der Waals surface area contributed by atoms with Gasteiger partial charge < -0.3 is 25.2 Å². The van der Waals surface area contributed by atoms with Crippen LogP contribution in [0.3, 0.4) is 0 Å². The maximum Gasteiger partial charge on any atom is 0.207 e. The third kappa shape index (κ3) is 6.98. The maximum absolute atomic E-state index is 10.6. The van der Waals surface area contributed by atoms with Crippen molar-refractivity contribution < 1.29 is 9.77 Å². The van der Waals surface area contributed by atoms with Gasteiger partial charge in [0.1, 0.15) is 16.5 Å². The number of nitro groups is 1. The van der Waals surface area contributed by atoms with Crippen LogP contribution in [0.5, 0.6) is 5.75 Å². The van der Waals surface area contributed by atoms with Crippen molar-refractivity contribution in [3.05, 3.63) is 58.1 Å². The van der Waals surface area contributed by atoms with Crippen molar-refractivity contribution in [3.63, 3.8) is 0 Å². The predicted octanol–water partition coefficient (Wildman–Crippen LogP) is 3.04. The molecular weight excluding hydrogens is 537 g/mol. The van der Waals surface area contributed by atoms with Crippen LogP contribution in [-0.2, 0) is 6.42 Å². The van der Waals surface area contributed by atoms with Gasteiger partial charge in [0, 0.05) is 25.2 Å². The molecule has 10 nitrogen and oxygen atoms in total. The minimum absolute atomic E-state index is 0.0905. The third-order valence-electron chi connectivity index (χ3n) is 5.70. The lowest BCUT2D eigenvalue weighted by atomic mass is 10.1. The number of benzene rings is 2. The van der Waals surface area contributed by atoms with Crippen LogP contribution >= 0.6 is 22.6 Å². The van der Waals surface area contributed by atoms with Gasteiger partial charge in [0.25, 0.3) is 0 Å². The molecule has 0 amide bonds. The summed E-state index contributed by atoms with van der Waals surface area (Å²) in [6.07, 6.45) is -0.0761. The Labute approximate surface area is 208 Å². The van der Waals surface area contributed by atoms with Crippen molar-refractivity contribution in [1.29, 1.82) is 0 Å². The largest absolute Gasteiger partial charge is 0.483 e. The molecule has 2 aromatic rings. The Morgan fingerprint density at radius 2 is 2.00 bits per heavy atom. The maximum atomic E-state index is 10.6. The molecular formula is C22H32IN7O3. The van der Waals surface area contributed by atoms with E-state index in [0.717, 1.165) is 49.7 Å². The monoisotopic (exact) mass is 569 g/mol. The van der Waals surface area contributed by atoms with Gasteiger partial charge in [-0.2, -0.15) is 0 Å². The van der Waals surface area contributed by atoms with E-state index in [1.807, 2.05) is 35.8 Å². The normalized spacial score (nSPS) is 15.7. The highest BCUT2D eigenvalue weighted by Gasteiger charge is 2.29. The molecule has 1 heterocycles. The Kier molecular flexibility index (Phi) is 9.21. The summed E-state index contributed by atoms with van der Waals surface area (Å²) in [5.41, 5.74) is 11.8. The minimum Gasteiger partial charge on any atom is -0.483 e. The molecule has 11 heteroatoms. The molecule has 0 fully saturated rings. The molecule has 0 aromatic heterocycles. The van der Waals surface area contributed by atoms with Crippen LogP contribution in [-0.4, -0.2) is 53.2 Å². The number of halogens is 1. The Morgan fingerprint density at radius 1 is 1.27 bits per heavy atom. The second-order valence-electron chi connectivity index (χ2n) is 7.72. The number of ether oxygens (including phenoxy) is 1. The lowest BCUT2D eigenvalue weighted by Gasteiger charge is -2.30. The molecule has 3 rings (SSSR count). The van der Waals surface area contributed by atoms with Crippen LogP contribution in [0, 0.1) is 10.1 Å². The fourth-order valence-corrected chi connectivity index (χ4v) is 4.34. The van der Waals surface area contributed by atoms with Crippen molar-refractivity contribution >= 4 is 39.7 Å². The molecule has 0 aliphatic carbocycles. The number of likely N-dealkylation sites (N-methyl/N-ethyl adjacent to an activating group) is 1. The molecule has 2 aromatic carbocycles. The van der Waals surface area contributed by atoms with E-state index in [1.165, 1.54) is 5.56 Å². The number of hydrogen-bond acceptors (Lipinski definition) is 8. The lowest BCUT2D eigenvalue weighted by Crippen LogP contribution is -2.46. The summed E-state index contributed by atoms with van der Waals surface area (Å²) in [7, 11) is 0. The van der Waals surface area contributed by atoms with Crippen molar-refractivity contribution in [2.75, 3.05) is 46.3 Å². The van der Waals surface area contributed by atoms with Crippen LogP contribution in [0.4, 0.5) is 17.1 Å². The summed E-state index contributed by atoms with van der Waals surface area (Å²) in [6, 6.07) is 14.1. The number of anilines is 3. The van der Waals surface area contributed by atoms with E-state index in [9.17, 15) is 10.1 Å². The van der Waals surface area contributed by atoms with E-state index in [0.29, 0.717) is 10.3 Å².